The zero-order valence-corrected chi connectivity index (χ0v) is 57.0. The molecule has 12 heteroatoms. The van der Waals surface area contributed by atoms with E-state index in [1.165, 1.54) is 231 Å². The molecule has 6 aromatic rings. The molecule has 88 heavy (non-hydrogen) atoms. The van der Waals surface area contributed by atoms with Gasteiger partial charge in [0.2, 0.25) is 0 Å². The molecule has 10 nitrogen and oxygen atoms in total. The molecule has 6 rings (SSSR count). The van der Waals surface area contributed by atoms with Gasteiger partial charge in [-0.05, 0) is 98.5 Å². The third-order valence-corrected chi connectivity index (χ3v) is 18.7. The van der Waals surface area contributed by atoms with E-state index in [9.17, 15) is 0 Å². The second-order valence-corrected chi connectivity index (χ2v) is 26.6. The Morgan fingerprint density at radius 3 is 0.682 bits per heavy atom. The van der Waals surface area contributed by atoms with E-state index in [-0.39, 0.29) is 0 Å². The van der Waals surface area contributed by atoms with Gasteiger partial charge in [-0.3, -0.25) is 0 Å². The van der Waals surface area contributed by atoms with Crippen molar-refractivity contribution < 1.29 is 18.9 Å². The summed E-state index contributed by atoms with van der Waals surface area (Å²) in [5.41, 5.74) is 5.39. The molecule has 0 saturated heterocycles. The monoisotopic (exact) mass is 1240 g/mol. The number of aromatic nitrogens is 4. The Morgan fingerprint density at radius 1 is 0.250 bits per heavy atom. The Labute approximate surface area is 541 Å². The van der Waals surface area contributed by atoms with Gasteiger partial charge in [0.15, 0.2) is 0 Å². The lowest BCUT2D eigenvalue weighted by Gasteiger charge is -2.12. The van der Waals surface area contributed by atoms with Crippen molar-refractivity contribution in [2.24, 2.45) is 10.2 Å². The highest BCUT2D eigenvalue weighted by molar-refractivity contribution is 7.18. The third-order valence-electron chi connectivity index (χ3n) is 16.7. The average molecular weight is 1240 g/mol. The number of rotatable bonds is 54. The Morgan fingerprint density at radius 2 is 0.455 bits per heavy atom. The van der Waals surface area contributed by atoms with Gasteiger partial charge in [0.05, 0.1) is 37.8 Å². The van der Waals surface area contributed by atoms with E-state index in [0.29, 0.717) is 26.4 Å². The standard InChI is InChI=1S/C76H114N6O4S2/c1-5-9-13-17-21-25-29-33-37-41-53-83-69-57-65(58-70(61-69)84-54-42-38-34-30-26-22-18-14-10-6-2)75-81-79-73(87-75)63-45-49-67(50-46-63)77-78-68-51-47-64(48-52-68)74-80-82-76(88-74)66-59-71(85-55-43-39-35-31-27-23-19-15-11-7-3)62-72(60-66)86-56-44-40-36-32-28-24-20-16-12-8-4/h45-52,57-62H,5-44,53-56H2,1-4H3. The summed E-state index contributed by atoms with van der Waals surface area (Å²) >= 11 is 3.14. The van der Waals surface area contributed by atoms with E-state index in [4.69, 9.17) is 18.9 Å². The predicted molar refractivity (Wildman–Crippen MR) is 375 cm³/mol. The van der Waals surface area contributed by atoms with Crippen LogP contribution in [0.2, 0.25) is 0 Å². The maximum Gasteiger partial charge on any atom is 0.148 e. The molecule has 0 aliphatic heterocycles. The van der Waals surface area contributed by atoms with Crippen LogP contribution in [0.1, 0.15) is 285 Å². The number of hydrogen-bond acceptors (Lipinski definition) is 12. The highest BCUT2D eigenvalue weighted by Crippen LogP contribution is 2.38. The van der Waals surface area contributed by atoms with Crippen LogP contribution in [0.25, 0.3) is 42.3 Å². The Kier molecular flexibility index (Phi) is 38.2. The van der Waals surface area contributed by atoms with Crippen LogP contribution in [0.5, 0.6) is 23.0 Å². The van der Waals surface area contributed by atoms with Crippen LogP contribution in [0.15, 0.2) is 95.2 Å². The van der Waals surface area contributed by atoms with Crippen LogP contribution in [-0.4, -0.2) is 46.8 Å². The van der Waals surface area contributed by atoms with Gasteiger partial charge in [-0.1, -0.05) is 282 Å². The minimum absolute atomic E-state index is 0.697. The van der Waals surface area contributed by atoms with Crippen molar-refractivity contribution in [1.29, 1.82) is 0 Å². The molecular weight excluding hydrogens is 1130 g/mol. The molecule has 0 atom stereocenters. The zero-order chi connectivity index (χ0) is 61.6. The number of benzene rings is 4. The number of azo groups is 1. The first-order valence-electron chi connectivity index (χ1n) is 35.7. The highest BCUT2D eigenvalue weighted by Gasteiger charge is 2.15. The smallest absolute Gasteiger partial charge is 0.148 e. The summed E-state index contributed by atoms with van der Waals surface area (Å²) in [6.07, 6.45) is 52.0. The topological polar surface area (TPSA) is 113 Å². The number of nitrogens with zero attached hydrogens (tertiary/aromatic N) is 6. The minimum Gasteiger partial charge on any atom is -0.493 e. The van der Waals surface area contributed by atoms with Crippen molar-refractivity contribution in [3.05, 3.63) is 84.9 Å². The van der Waals surface area contributed by atoms with Crippen LogP contribution < -0.4 is 18.9 Å². The number of unbranched alkanes of at least 4 members (excludes halogenated alkanes) is 36. The molecule has 0 spiro atoms. The molecule has 0 bridgehead atoms. The van der Waals surface area contributed by atoms with Crippen LogP contribution >= 0.6 is 22.7 Å². The molecule has 4 aromatic carbocycles. The first kappa shape index (κ1) is 71.9. The van der Waals surface area contributed by atoms with E-state index in [0.717, 1.165) is 102 Å². The van der Waals surface area contributed by atoms with Crippen molar-refractivity contribution in [2.45, 2.75) is 285 Å². The van der Waals surface area contributed by atoms with Gasteiger partial charge in [0.25, 0.3) is 0 Å². The van der Waals surface area contributed by atoms with E-state index in [2.05, 4.69) is 94.7 Å². The summed E-state index contributed by atoms with van der Waals surface area (Å²) in [6, 6.07) is 28.5. The zero-order valence-electron chi connectivity index (χ0n) is 55.3. The SMILES string of the molecule is CCCCCCCCCCCCOc1cc(OCCCCCCCCCCCC)cc(-c2nnc(-c3ccc(N=Nc4ccc(-c5nnc(-c6cc(OCCCCCCCCCCCC)cc(OCCCCCCCCCCCC)c6)s5)cc4)cc3)s2)c1. The fourth-order valence-electron chi connectivity index (χ4n) is 11.2. The summed E-state index contributed by atoms with van der Waals surface area (Å²) in [5.74, 6) is 3.31. The molecule has 0 saturated carbocycles. The molecule has 0 radical (unpaired) electrons. The van der Waals surface area contributed by atoms with E-state index < -0.39 is 0 Å². The van der Waals surface area contributed by atoms with Gasteiger partial charge in [0, 0.05) is 34.4 Å². The molecule has 0 aliphatic carbocycles. The summed E-state index contributed by atoms with van der Waals surface area (Å²) in [6.45, 7) is 11.9. The van der Waals surface area contributed by atoms with Gasteiger partial charge in [-0.2, -0.15) is 10.2 Å². The molecule has 2 aromatic heterocycles. The fraction of sp³-hybridized carbons (Fsp3) is 0.632. The van der Waals surface area contributed by atoms with Gasteiger partial charge in [-0.15, -0.1) is 20.4 Å². The first-order chi connectivity index (χ1) is 43.5. The van der Waals surface area contributed by atoms with Gasteiger partial charge in [0.1, 0.15) is 43.0 Å². The van der Waals surface area contributed by atoms with Crippen molar-refractivity contribution in [1.82, 2.24) is 20.4 Å². The lowest BCUT2D eigenvalue weighted by molar-refractivity contribution is 0.289. The van der Waals surface area contributed by atoms with E-state index in [1.54, 1.807) is 22.7 Å². The van der Waals surface area contributed by atoms with Crippen molar-refractivity contribution in [3.8, 4) is 65.3 Å². The van der Waals surface area contributed by atoms with E-state index in [1.807, 2.05) is 48.5 Å². The largest absolute Gasteiger partial charge is 0.493 e. The lowest BCUT2D eigenvalue weighted by Crippen LogP contribution is -2.01. The average Bonchev–Trinajstić information content (AvgIpc) is 3.72. The van der Waals surface area contributed by atoms with Crippen molar-refractivity contribution >= 4 is 34.0 Å². The molecule has 0 amide bonds. The van der Waals surface area contributed by atoms with Crippen LogP contribution in [0.4, 0.5) is 11.4 Å². The maximum absolute atomic E-state index is 6.40. The van der Waals surface area contributed by atoms with Gasteiger partial charge in [-0.25, -0.2) is 0 Å². The molecular formula is C76H114N6O4S2. The molecule has 0 fully saturated rings. The summed E-state index contributed by atoms with van der Waals surface area (Å²) < 4.78 is 25.6. The number of hydrogen-bond donors (Lipinski definition) is 0. The predicted octanol–water partition coefficient (Wildman–Crippen LogP) is 25.7. The molecule has 2 heterocycles. The van der Waals surface area contributed by atoms with Gasteiger partial charge >= 0.3 is 0 Å². The third kappa shape index (κ3) is 30.5. The first-order valence-corrected chi connectivity index (χ1v) is 37.3. The van der Waals surface area contributed by atoms with Crippen molar-refractivity contribution in [3.63, 3.8) is 0 Å². The quantitative estimate of drug-likeness (QED) is 0.0274. The Hall–Kier alpha value is -5.20. The Bertz CT molecular complexity index is 2430. The summed E-state index contributed by atoms with van der Waals surface area (Å²) in [4.78, 5) is 0. The normalized spacial score (nSPS) is 11.5. The number of ether oxygens (including phenoxy) is 4. The highest BCUT2D eigenvalue weighted by atomic mass is 32.1. The molecule has 0 unspecified atom stereocenters. The van der Waals surface area contributed by atoms with Crippen LogP contribution in [-0.2, 0) is 0 Å². The molecule has 484 valence electrons. The maximum atomic E-state index is 6.40. The van der Waals surface area contributed by atoms with Gasteiger partial charge < -0.3 is 18.9 Å². The fourth-order valence-corrected chi connectivity index (χ4v) is 12.9. The van der Waals surface area contributed by atoms with Crippen LogP contribution in [0, 0.1) is 0 Å². The van der Waals surface area contributed by atoms with Crippen LogP contribution in [0.3, 0.4) is 0 Å². The second kappa shape index (κ2) is 46.8. The van der Waals surface area contributed by atoms with E-state index >= 15 is 0 Å². The lowest BCUT2D eigenvalue weighted by atomic mass is 10.1. The summed E-state index contributed by atoms with van der Waals surface area (Å²) in [5, 5.41) is 31.2. The second-order valence-electron chi connectivity index (χ2n) is 24.6. The van der Waals surface area contributed by atoms with Crippen molar-refractivity contribution in [2.75, 3.05) is 26.4 Å². The minimum atomic E-state index is 0.697. The summed E-state index contributed by atoms with van der Waals surface area (Å²) in [7, 11) is 0. The molecule has 0 N–H and O–H groups in total. The Balaban J connectivity index is 1.01. The molecule has 0 aliphatic rings.